The van der Waals surface area contributed by atoms with Gasteiger partial charge in [0, 0.05) is 43.2 Å². The van der Waals surface area contributed by atoms with Gasteiger partial charge in [-0.2, -0.15) is 0 Å². The van der Waals surface area contributed by atoms with Crippen LogP contribution in [0.1, 0.15) is 99.9 Å². The molecule has 25 aromatic carbocycles. The average molecular weight is 1840 g/mol. The molecule has 2 aromatic heterocycles. The van der Waals surface area contributed by atoms with E-state index < -0.39 is 0 Å². The maximum Gasteiger partial charge on any atom is 0.136 e. The van der Waals surface area contributed by atoms with Gasteiger partial charge in [-0.3, -0.25) is 0 Å². The molecule has 4 aliphatic carbocycles. The predicted molar refractivity (Wildman–Crippen MR) is 612 cm³/mol. The summed E-state index contributed by atoms with van der Waals surface area (Å²) in [5.41, 5.74) is 40.7. The fraction of sp³-hybridized carbons (Fsp3) is 0.0845. The van der Waals surface area contributed by atoms with Crippen molar-refractivity contribution >= 4 is 152 Å². The van der Waals surface area contributed by atoms with Crippen LogP contribution in [0.15, 0.2) is 458 Å². The highest BCUT2D eigenvalue weighted by molar-refractivity contribution is 6.27. The Labute approximate surface area is 836 Å². The molecule has 0 saturated heterocycles. The van der Waals surface area contributed by atoms with E-state index in [0.29, 0.717) is 0 Å². The van der Waals surface area contributed by atoms with Gasteiger partial charge in [0.2, 0.25) is 0 Å². The Morgan fingerprint density at radius 3 is 0.750 bits per heavy atom. The minimum absolute atomic E-state index is 0.0483. The molecule has 0 radical (unpaired) electrons. The third kappa shape index (κ3) is 12.3. The van der Waals surface area contributed by atoms with Crippen molar-refractivity contribution in [2.75, 3.05) is 0 Å². The molecule has 0 fully saturated rings. The monoisotopic (exact) mass is 1830 g/mol. The van der Waals surface area contributed by atoms with Crippen molar-refractivity contribution in [3.05, 3.63) is 493 Å². The van der Waals surface area contributed by atoms with E-state index in [2.05, 4.69) is 492 Å². The summed E-state index contributed by atoms with van der Waals surface area (Å²) >= 11 is 0. The molecular weight excluding hydrogens is 1740 g/mol. The van der Waals surface area contributed by atoms with Crippen molar-refractivity contribution < 1.29 is 8.83 Å². The molecule has 0 atom stereocenters. The first-order valence-electron chi connectivity index (χ1n) is 50.8. The van der Waals surface area contributed by atoms with Crippen LogP contribution >= 0.6 is 0 Å². The molecule has 2 nitrogen and oxygen atoms in total. The standard InChI is InChI=1S/C49H32O.C48H36.C45H30O/c1-49(2)42-22-19-32(26-39(42)40-25-30-12-3-4-13-31(30)28-43(40)49)46-35-15-7-9-17-37(35)47(38-18-10-8-16-36(38)46)33-21-23-44-41(27-33)48-34-14-6-5-11-29(34)20-24-45(48)50-44;1-47(2)41-20-12-11-15-33(41)34-23-21-32(28-43(34)47)46-37-18-9-7-16-35(37)45(36-17-8-10-19-38(36)46)31-22-24-42-39(26-31)40-25-29-13-5-6-14-30(29)27-44(40)48(42,3)4;1-45(2)39-21-19-29(24-36(39)37-23-27-11-3-4-12-28(27)26-40(37)45)43-32-14-5-7-16-34(32)44(35-17-8-6-15-33(35)43)30-20-22-42-38(25-30)31-13-9-10-18-41(31)46-42/h3-28H,1-2H3;5-28H,1-4H3;3-26H,1-2H3. The quantitative estimate of drug-likeness (QED) is 0.155. The van der Waals surface area contributed by atoms with Crippen molar-refractivity contribution in [1.29, 1.82) is 0 Å². The molecule has 27 aromatic rings. The van der Waals surface area contributed by atoms with Crippen LogP contribution in [0.3, 0.4) is 0 Å². The topological polar surface area (TPSA) is 26.3 Å². The number of fused-ring (bicyclic) bond motifs is 29. The second-order valence-electron chi connectivity index (χ2n) is 42.6. The molecule has 2 heterocycles. The number of hydrogen-bond donors (Lipinski definition) is 0. The molecular formula is C142H98O2. The van der Waals surface area contributed by atoms with Gasteiger partial charge in [-0.05, 0) is 361 Å². The van der Waals surface area contributed by atoms with E-state index in [0.717, 1.165) is 38.5 Å². The Balaban J connectivity index is 0.000000103. The Morgan fingerprint density at radius 2 is 0.368 bits per heavy atom. The number of benzene rings is 25. The summed E-state index contributed by atoms with van der Waals surface area (Å²) in [5, 5.41) is 30.1. The third-order valence-corrected chi connectivity index (χ3v) is 33.5. The van der Waals surface area contributed by atoms with Crippen molar-refractivity contribution in [3.8, 4) is 111 Å². The lowest BCUT2D eigenvalue weighted by Crippen LogP contribution is -2.14. The smallest absolute Gasteiger partial charge is 0.136 e. The largest absolute Gasteiger partial charge is 0.456 e. The molecule has 0 amide bonds. The van der Waals surface area contributed by atoms with Gasteiger partial charge in [-0.1, -0.05) is 407 Å². The van der Waals surface area contributed by atoms with Crippen LogP contribution in [-0.2, 0) is 21.7 Å². The van der Waals surface area contributed by atoms with Gasteiger partial charge in [0.05, 0.1) is 0 Å². The van der Waals surface area contributed by atoms with E-state index in [-0.39, 0.29) is 21.7 Å². The first-order chi connectivity index (χ1) is 70.4. The Hall–Kier alpha value is -17.3. The molecule has 0 unspecified atom stereocenters. The normalized spacial score (nSPS) is 14.1. The van der Waals surface area contributed by atoms with Gasteiger partial charge in [0.15, 0.2) is 0 Å². The lowest BCUT2D eigenvalue weighted by Gasteiger charge is -2.23. The molecule has 0 spiro atoms. The summed E-state index contributed by atoms with van der Waals surface area (Å²) in [6.07, 6.45) is 0. The highest BCUT2D eigenvalue weighted by Gasteiger charge is 2.41. The first-order valence-corrected chi connectivity index (χ1v) is 50.8. The SMILES string of the molecule is CC1(C)c2ccc(-c3c4ccccc4c(-c4ccc5oc6ccc7ccccc7c6c5c4)c4ccccc34)cc2-c2cc3ccccc3cc21.CC1(C)c2ccc(-c3c4ccccc4c(-c4ccc5oc6ccccc6c5c4)c4ccccc34)cc2-c2cc3ccccc3cc21.CC1(C)c2ccccc2-c2ccc(-c3c4ccccc4c(-c4ccc5c(c4)-c4cc6ccccc6cc4C5(C)C)c4ccccc34)cc21. The zero-order chi connectivity index (χ0) is 96.1. The lowest BCUT2D eigenvalue weighted by molar-refractivity contribution is 0.660. The predicted octanol–water partition coefficient (Wildman–Crippen LogP) is 39.6. The zero-order valence-electron chi connectivity index (χ0n) is 81.5. The van der Waals surface area contributed by atoms with Gasteiger partial charge in [0.25, 0.3) is 0 Å². The van der Waals surface area contributed by atoms with Gasteiger partial charge in [-0.25, -0.2) is 0 Å². The number of furan rings is 2. The Kier molecular flexibility index (Phi) is 18.1. The van der Waals surface area contributed by atoms with Crippen molar-refractivity contribution in [2.45, 2.75) is 77.0 Å². The number of hydrogen-bond acceptors (Lipinski definition) is 2. The maximum atomic E-state index is 6.40. The molecule has 678 valence electrons. The Bertz CT molecular complexity index is 10100. The van der Waals surface area contributed by atoms with Crippen molar-refractivity contribution in [1.82, 2.24) is 0 Å². The van der Waals surface area contributed by atoms with Gasteiger partial charge in [0.1, 0.15) is 22.3 Å². The molecule has 4 aliphatic rings. The van der Waals surface area contributed by atoms with Gasteiger partial charge >= 0.3 is 0 Å². The molecule has 31 rings (SSSR count). The van der Waals surface area contributed by atoms with Gasteiger partial charge in [-0.15, -0.1) is 0 Å². The van der Waals surface area contributed by atoms with Crippen LogP contribution in [0.2, 0.25) is 0 Å². The van der Waals surface area contributed by atoms with E-state index in [9.17, 15) is 0 Å². The summed E-state index contributed by atoms with van der Waals surface area (Å²) in [7, 11) is 0. The molecule has 0 saturated carbocycles. The van der Waals surface area contributed by atoms with E-state index in [1.807, 2.05) is 12.1 Å². The highest BCUT2D eigenvalue weighted by Crippen LogP contribution is 2.60. The maximum absolute atomic E-state index is 6.40. The van der Waals surface area contributed by atoms with Crippen LogP contribution in [0.5, 0.6) is 0 Å². The fourth-order valence-corrected chi connectivity index (χ4v) is 26.5. The minimum Gasteiger partial charge on any atom is -0.456 e. The van der Waals surface area contributed by atoms with Crippen LogP contribution in [0.25, 0.3) is 263 Å². The van der Waals surface area contributed by atoms with Crippen LogP contribution < -0.4 is 0 Å². The number of para-hydroxylation sites is 1. The molecule has 2 heteroatoms. The second-order valence-corrected chi connectivity index (χ2v) is 42.6. The lowest BCUT2D eigenvalue weighted by atomic mass is 9.80. The van der Waals surface area contributed by atoms with E-state index in [4.69, 9.17) is 8.83 Å². The number of rotatable bonds is 6. The third-order valence-electron chi connectivity index (χ3n) is 33.5. The Morgan fingerprint density at radius 1 is 0.132 bits per heavy atom. The summed E-state index contributed by atoms with van der Waals surface area (Å²) in [6.45, 7) is 19.0. The van der Waals surface area contributed by atoms with Crippen LogP contribution in [0.4, 0.5) is 0 Å². The van der Waals surface area contributed by atoms with Crippen LogP contribution in [0, 0.1) is 0 Å². The summed E-state index contributed by atoms with van der Waals surface area (Å²) in [5.74, 6) is 0. The summed E-state index contributed by atoms with van der Waals surface area (Å²) in [4.78, 5) is 0. The van der Waals surface area contributed by atoms with Gasteiger partial charge < -0.3 is 8.83 Å². The van der Waals surface area contributed by atoms with E-state index >= 15 is 0 Å². The fourth-order valence-electron chi connectivity index (χ4n) is 26.5. The average Bonchev–Trinajstić information content (AvgIpc) is 1.49. The van der Waals surface area contributed by atoms with Crippen molar-refractivity contribution in [2.24, 2.45) is 0 Å². The van der Waals surface area contributed by atoms with Crippen LogP contribution in [-0.4, -0.2) is 0 Å². The molecule has 144 heavy (non-hydrogen) atoms. The summed E-state index contributed by atoms with van der Waals surface area (Å²) < 4.78 is 12.6. The van der Waals surface area contributed by atoms with Crippen molar-refractivity contribution in [3.63, 3.8) is 0 Å². The van der Waals surface area contributed by atoms with E-state index in [1.165, 1.54) is 269 Å². The molecule has 0 aliphatic heterocycles. The zero-order valence-corrected chi connectivity index (χ0v) is 81.5. The highest BCUT2D eigenvalue weighted by atomic mass is 16.3. The van der Waals surface area contributed by atoms with E-state index in [1.54, 1.807) is 0 Å². The summed E-state index contributed by atoms with van der Waals surface area (Å²) in [6, 6.07) is 167. The first kappa shape index (κ1) is 83.7. The molecule has 0 N–H and O–H groups in total. The minimum atomic E-state index is -0.0670. The second kappa shape index (κ2) is 31.1. The molecule has 0 bridgehead atoms.